The molecule has 1 aromatic heterocycles. The van der Waals surface area contributed by atoms with Crippen LogP contribution in [0.3, 0.4) is 0 Å². The van der Waals surface area contributed by atoms with Crippen LogP contribution >= 0.6 is 27.3 Å². The number of carbonyl (C=O) groups is 2. The quantitative estimate of drug-likeness (QED) is 0.721. The molecule has 0 atom stereocenters. The number of carbonyl (C=O) groups excluding carboxylic acids is 2. The molecule has 0 bridgehead atoms. The van der Waals surface area contributed by atoms with Crippen molar-refractivity contribution in [3.05, 3.63) is 44.2 Å². The van der Waals surface area contributed by atoms with Gasteiger partial charge in [-0.05, 0) is 49.9 Å². The highest BCUT2D eigenvalue weighted by molar-refractivity contribution is 9.10. The van der Waals surface area contributed by atoms with Gasteiger partial charge >= 0.3 is 5.97 Å². The van der Waals surface area contributed by atoms with E-state index in [1.165, 1.54) is 18.4 Å². The van der Waals surface area contributed by atoms with Crippen LogP contribution in [0.2, 0.25) is 0 Å². The van der Waals surface area contributed by atoms with Crippen LogP contribution in [-0.2, 0) is 17.6 Å². The van der Waals surface area contributed by atoms with Crippen LogP contribution in [0.15, 0.2) is 22.7 Å². The summed E-state index contributed by atoms with van der Waals surface area (Å²) in [4.78, 5) is 26.1. The van der Waals surface area contributed by atoms with Gasteiger partial charge in [0.2, 0.25) is 0 Å². The number of methoxy groups -OCH3 is 1. The van der Waals surface area contributed by atoms with E-state index in [1.54, 1.807) is 12.1 Å². The third-order valence-electron chi connectivity index (χ3n) is 4.02. The Kier molecular flexibility index (Phi) is 5.44. The molecule has 0 fully saturated rings. The number of halogens is 1. The number of amides is 1. The number of esters is 1. The Labute approximate surface area is 158 Å². The van der Waals surface area contributed by atoms with Crippen LogP contribution in [0.5, 0.6) is 5.75 Å². The van der Waals surface area contributed by atoms with Crippen molar-refractivity contribution in [2.24, 2.45) is 0 Å². The summed E-state index contributed by atoms with van der Waals surface area (Å²) in [7, 11) is 1.36. The van der Waals surface area contributed by atoms with Crippen molar-refractivity contribution >= 4 is 44.1 Å². The number of rotatable bonds is 5. The average molecular weight is 424 g/mol. The SMILES string of the molecule is CCOc1ccc(Br)cc1C(=O)Nc1sc2c(c1C(=O)OC)CCC2. The van der Waals surface area contributed by atoms with E-state index >= 15 is 0 Å². The van der Waals surface area contributed by atoms with Gasteiger partial charge in [0.1, 0.15) is 10.8 Å². The molecule has 132 valence electrons. The molecule has 1 heterocycles. The highest BCUT2D eigenvalue weighted by Gasteiger charge is 2.28. The zero-order valence-corrected chi connectivity index (χ0v) is 16.4. The fourth-order valence-corrected chi connectivity index (χ4v) is 4.58. The van der Waals surface area contributed by atoms with Crippen molar-refractivity contribution in [3.8, 4) is 5.75 Å². The van der Waals surface area contributed by atoms with Gasteiger partial charge in [-0.25, -0.2) is 4.79 Å². The Morgan fingerprint density at radius 3 is 2.84 bits per heavy atom. The molecule has 1 N–H and O–H groups in total. The van der Waals surface area contributed by atoms with Crippen molar-refractivity contribution in [1.82, 2.24) is 0 Å². The summed E-state index contributed by atoms with van der Waals surface area (Å²) in [5.74, 6) is -0.212. The molecule has 2 aromatic rings. The molecule has 1 amide bonds. The van der Waals surface area contributed by atoms with Gasteiger partial charge in [0.15, 0.2) is 0 Å². The van der Waals surface area contributed by atoms with E-state index in [0.717, 1.165) is 34.2 Å². The summed E-state index contributed by atoms with van der Waals surface area (Å²) in [6, 6.07) is 5.28. The summed E-state index contributed by atoms with van der Waals surface area (Å²) in [6.07, 6.45) is 2.80. The lowest BCUT2D eigenvalue weighted by Crippen LogP contribution is -2.16. The number of fused-ring (bicyclic) bond motifs is 1. The Morgan fingerprint density at radius 2 is 2.12 bits per heavy atom. The molecule has 7 heteroatoms. The summed E-state index contributed by atoms with van der Waals surface area (Å²) >= 11 is 4.83. The standard InChI is InChI=1S/C18H18BrNO4S/c1-3-24-13-8-7-10(19)9-12(13)16(21)20-17-15(18(22)23-2)11-5-4-6-14(11)25-17/h7-9H,3-6H2,1-2H3,(H,20,21). The van der Waals surface area contributed by atoms with Gasteiger partial charge in [-0.2, -0.15) is 0 Å². The van der Waals surface area contributed by atoms with E-state index in [0.29, 0.717) is 28.5 Å². The number of hydrogen-bond acceptors (Lipinski definition) is 5. The summed E-state index contributed by atoms with van der Waals surface area (Å²) in [5.41, 5.74) is 1.91. The molecule has 0 radical (unpaired) electrons. The monoisotopic (exact) mass is 423 g/mol. The third-order valence-corrected chi connectivity index (χ3v) is 5.72. The van der Waals surface area contributed by atoms with Crippen molar-refractivity contribution < 1.29 is 19.1 Å². The van der Waals surface area contributed by atoms with Crippen LogP contribution in [0.1, 0.15) is 44.5 Å². The van der Waals surface area contributed by atoms with Gasteiger partial charge in [-0.3, -0.25) is 4.79 Å². The maximum absolute atomic E-state index is 12.8. The third kappa shape index (κ3) is 3.57. The van der Waals surface area contributed by atoms with Crippen LogP contribution in [0.4, 0.5) is 5.00 Å². The lowest BCUT2D eigenvalue weighted by atomic mass is 10.1. The number of benzene rings is 1. The number of nitrogens with one attached hydrogen (secondary N) is 1. The van der Waals surface area contributed by atoms with Gasteiger partial charge in [0, 0.05) is 9.35 Å². The number of anilines is 1. The fraction of sp³-hybridized carbons (Fsp3) is 0.333. The predicted octanol–water partition coefficient (Wildman–Crippen LogP) is 4.44. The summed E-state index contributed by atoms with van der Waals surface area (Å²) in [5, 5.41) is 3.42. The Balaban J connectivity index is 1.95. The van der Waals surface area contributed by atoms with E-state index in [9.17, 15) is 9.59 Å². The first kappa shape index (κ1) is 17.9. The van der Waals surface area contributed by atoms with Gasteiger partial charge in [-0.15, -0.1) is 11.3 Å². The first-order valence-corrected chi connectivity index (χ1v) is 9.62. The molecular formula is C18H18BrNO4S. The van der Waals surface area contributed by atoms with Gasteiger partial charge < -0.3 is 14.8 Å². The maximum Gasteiger partial charge on any atom is 0.341 e. The Morgan fingerprint density at radius 1 is 1.32 bits per heavy atom. The van der Waals surface area contributed by atoms with E-state index in [2.05, 4.69) is 21.2 Å². The van der Waals surface area contributed by atoms with Crippen molar-refractivity contribution in [3.63, 3.8) is 0 Å². The number of ether oxygens (including phenoxy) is 2. The van der Waals surface area contributed by atoms with Gasteiger partial charge in [0.05, 0.1) is 24.8 Å². The maximum atomic E-state index is 12.8. The molecular weight excluding hydrogens is 406 g/mol. The van der Waals surface area contributed by atoms with E-state index in [-0.39, 0.29) is 5.91 Å². The Bertz CT molecular complexity index is 831. The van der Waals surface area contributed by atoms with Crippen LogP contribution in [-0.4, -0.2) is 25.6 Å². The molecule has 0 saturated heterocycles. The topological polar surface area (TPSA) is 64.6 Å². The molecule has 0 spiro atoms. The van der Waals surface area contributed by atoms with Gasteiger partial charge in [0.25, 0.3) is 5.91 Å². The molecule has 1 aromatic carbocycles. The first-order chi connectivity index (χ1) is 12.0. The first-order valence-electron chi connectivity index (χ1n) is 8.01. The zero-order valence-electron chi connectivity index (χ0n) is 14.0. The van der Waals surface area contributed by atoms with E-state index < -0.39 is 5.97 Å². The predicted molar refractivity (Wildman–Crippen MR) is 101 cm³/mol. The van der Waals surface area contributed by atoms with E-state index in [1.807, 2.05) is 13.0 Å². The lowest BCUT2D eigenvalue weighted by molar-refractivity contribution is 0.0601. The minimum Gasteiger partial charge on any atom is -0.493 e. The molecule has 5 nitrogen and oxygen atoms in total. The van der Waals surface area contributed by atoms with Crippen LogP contribution in [0.25, 0.3) is 0 Å². The zero-order chi connectivity index (χ0) is 18.0. The summed E-state index contributed by atoms with van der Waals surface area (Å²) in [6.45, 7) is 2.32. The molecule has 25 heavy (non-hydrogen) atoms. The number of thiophene rings is 1. The van der Waals surface area contributed by atoms with Crippen molar-refractivity contribution in [1.29, 1.82) is 0 Å². The van der Waals surface area contributed by atoms with E-state index in [4.69, 9.17) is 9.47 Å². The molecule has 0 saturated carbocycles. The summed E-state index contributed by atoms with van der Waals surface area (Å²) < 4.78 is 11.2. The normalized spacial score (nSPS) is 12.6. The lowest BCUT2D eigenvalue weighted by Gasteiger charge is -2.11. The second-order valence-corrected chi connectivity index (χ2v) is 7.60. The Hall–Kier alpha value is -1.86. The minimum absolute atomic E-state index is 0.310. The molecule has 1 aliphatic rings. The average Bonchev–Trinajstić information content (AvgIpc) is 3.16. The largest absolute Gasteiger partial charge is 0.493 e. The molecule has 0 aliphatic heterocycles. The smallest absolute Gasteiger partial charge is 0.341 e. The highest BCUT2D eigenvalue weighted by Crippen LogP contribution is 2.40. The second-order valence-electron chi connectivity index (χ2n) is 5.58. The van der Waals surface area contributed by atoms with Crippen molar-refractivity contribution in [2.75, 3.05) is 19.0 Å². The van der Waals surface area contributed by atoms with Crippen molar-refractivity contribution in [2.45, 2.75) is 26.2 Å². The number of hydrogen-bond donors (Lipinski definition) is 1. The molecule has 1 aliphatic carbocycles. The van der Waals surface area contributed by atoms with Crippen LogP contribution < -0.4 is 10.1 Å². The number of aryl methyl sites for hydroxylation is 1. The molecule has 3 rings (SSSR count). The second kappa shape index (κ2) is 7.58. The van der Waals surface area contributed by atoms with Crippen LogP contribution in [0, 0.1) is 0 Å². The molecule has 0 unspecified atom stereocenters. The van der Waals surface area contributed by atoms with Gasteiger partial charge in [-0.1, -0.05) is 15.9 Å². The minimum atomic E-state index is -0.408. The highest BCUT2D eigenvalue weighted by atomic mass is 79.9. The fourth-order valence-electron chi connectivity index (χ4n) is 2.94.